The molecule has 0 atom stereocenters. The second-order valence-corrected chi connectivity index (χ2v) is 14.6. The van der Waals surface area contributed by atoms with Crippen LogP contribution in [-0.4, -0.2) is 8.07 Å². The van der Waals surface area contributed by atoms with Crippen molar-refractivity contribution in [2.75, 3.05) is 0 Å². The largest absolute Gasteiger partial charge is 0.454 e. The number of aromatic nitrogens is 1. The monoisotopic (exact) mass is 440 g/mol. The van der Waals surface area contributed by atoms with E-state index in [4.69, 9.17) is 4.42 Å². The van der Waals surface area contributed by atoms with Gasteiger partial charge in [0.25, 0.3) is 0 Å². The van der Waals surface area contributed by atoms with Gasteiger partial charge in [-0.15, -0.1) is 0 Å². The molecule has 0 amide bonds. The third-order valence-corrected chi connectivity index (χ3v) is 8.38. The minimum Gasteiger partial charge on any atom is -0.454 e. The number of pyridine rings is 1. The standard InChI is InChI=1S/C28H27FNOSi/c1-18-9-14-21-22-15-16-23(29)26(19-10-12-20(13-11-19)32(3,4)5)28(22)31-27(21)25(18)24-8-6-7-17-30(24)2/h6-17H,1-5H3/q+1. The summed E-state index contributed by atoms with van der Waals surface area (Å²) in [5, 5.41) is 3.29. The van der Waals surface area contributed by atoms with Gasteiger partial charge in [0.05, 0.1) is 19.2 Å². The topological polar surface area (TPSA) is 17.0 Å². The Morgan fingerprint density at radius 3 is 2.09 bits per heavy atom. The molecule has 32 heavy (non-hydrogen) atoms. The van der Waals surface area contributed by atoms with Crippen LogP contribution >= 0.6 is 0 Å². The Morgan fingerprint density at radius 1 is 0.781 bits per heavy atom. The van der Waals surface area contributed by atoms with Gasteiger partial charge in [0.2, 0.25) is 5.69 Å². The third-order valence-electron chi connectivity index (χ3n) is 6.32. The fourth-order valence-corrected chi connectivity index (χ4v) is 5.65. The van der Waals surface area contributed by atoms with Crippen LogP contribution < -0.4 is 9.75 Å². The lowest BCUT2D eigenvalue weighted by molar-refractivity contribution is -0.660. The second kappa shape index (κ2) is 7.42. The van der Waals surface area contributed by atoms with E-state index in [1.54, 1.807) is 6.07 Å². The summed E-state index contributed by atoms with van der Waals surface area (Å²) in [6, 6.07) is 22.1. The molecule has 2 heterocycles. The highest BCUT2D eigenvalue weighted by Crippen LogP contribution is 2.41. The summed E-state index contributed by atoms with van der Waals surface area (Å²) < 4.78 is 23.8. The van der Waals surface area contributed by atoms with Gasteiger partial charge in [-0.3, -0.25) is 0 Å². The van der Waals surface area contributed by atoms with E-state index in [1.807, 2.05) is 43.6 Å². The van der Waals surface area contributed by atoms with Crippen LogP contribution in [0.25, 0.3) is 44.3 Å². The van der Waals surface area contributed by atoms with Crippen molar-refractivity contribution in [1.82, 2.24) is 0 Å². The van der Waals surface area contributed by atoms with Crippen LogP contribution in [0.5, 0.6) is 0 Å². The maximum absolute atomic E-state index is 15.2. The summed E-state index contributed by atoms with van der Waals surface area (Å²) in [5.41, 5.74) is 6.01. The van der Waals surface area contributed by atoms with E-state index in [-0.39, 0.29) is 5.82 Å². The lowest BCUT2D eigenvalue weighted by atomic mass is 9.99. The molecule has 160 valence electrons. The molecule has 5 aromatic rings. The highest BCUT2D eigenvalue weighted by Gasteiger charge is 2.23. The van der Waals surface area contributed by atoms with Gasteiger partial charge in [0.1, 0.15) is 24.0 Å². The van der Waals surface area contributed by atoms with E-state index in [9.17, 15) is 0 Å². The highest BCUT2D eigenvalue weighted by atomic mass is 28.3. The van der Waals surface area contributed by atoms with E-state index in [0.29, 0.717) is 11.1 Å². The average molecular weight is 441 g/mol. The van der Waals surface area contributed by atoms with Crippen molar-refractivity contribution in [1.29, 1.82) is 0 Å². The fourth-order valence-electron chi connectivity index (χ4n) is 4.49. The zero-order valence-corrected chi connectivity index (χ0v) is 20.2. The van der Waals surface area contributed by atoms with Crippen LogP contribution in [0, 0.1) is 12.7 Å². The minimum atomic E-state index is -1.43. The summed E-state index contributed by atoms with van der Waals surface area (Å²) in [4.78, 5) is 0. The molecule has 0 fully saturated rings. The first-order valence-electron chi connectivity index (χ1n) is 11.0. The van der Waals surface area contributed by atoms with Gasteiger partial charge in [0, 0.05) is 22.9 Å². The summed E-state index contributed by atoms with van der Waals surface area (Å²) in [6.07, 6.45) is 2.03. The number of benzene rings is 3. The zero-order chi connectivity index (χ0) is 22.6. The Bertz CT molecular complexity index is 1480. The van der Waals surface area contributed by atoms with Gasteiger partial charge in [-0.1, -0.05) is 61.2 Å². The smallest absolute Gasteiger partial charge is 0.216 e. The first-order valence-corrected chi connectivity index (χ1v) is 14.5. The van der Waals surface area contributed by atoms with Crippen LogP contribution in [0.4, 0.5) is 4.39 Å². The maximum Gasteiger partial charge on any atom is 0.216 e. The van der Waals surface area contributed by atoms with Crippen LogP contribution in [0.1, 0.15) is 5.56 Å². The molecule has 2 nitrogen and oxygen atoms in total. The van der Waals surface area contributed by atoms with E-state index in [1.165, 1.54) is 5.19 Å². The van der Waals surface area contributed by atoms with Crippen molar-refractivity contribution in [3.8, 4) is 22.4 Å². The number of hydrogen-bond donors (Lipinski definition) is 0. The molecule has 0 spiro atoms. The van der Waals surface area contributed by atoms with Gasteiger partial charge < -0.3 is 4.42 Å². The SMILES string of the molecule is Cc1ccc2c(oc3c(-c4ccc([Si](C)(C)C)cc4)c(F)ccc32)c1-c1cccc[n+]1C. The molecule has 0 N–H and O–H groups in total. The van der Waals surface area contributed by atoms with Crippen molar-refractivity contribution in [2.24, 2.45) is 7.05 Å². The Balaban J connectivity index is 1.81. The molecule has 5 rings (SSSR count). The molecule has 0 aliphatic heterocycles. The van der Waals surface area contributed by atoms with Gasteiger partial charge in [-0.25, -0.2) is 8.96 Å². The van der Waals surface area contributed by atoms with Crippen LogP contribution in [-0.2, 0) is 7.05 Å². The number of halogens is 1. The van der Waals surface area contributed by atoms with Crippen molar-refractivity contribution in [2.45, 2.75) is 26.6 Å². The average Bonchev–Trinajstić information content (AvgIpc) is 3.12. The lowest BCUT2D eigenvalue weighted by Crippen LogP contribution is -2.37. The molecule has 0 saturated carbocycles. The van der Waals surface area contributed by atoms with Crippen LogP contribution in [0.15, 0.2) is 77.3 Å². The molecule has 0 aliphatic carbocycles. The molecular weight excluding hydrogens is 413 g/mol. The van der Waals surface area contributed by atoms with Crippen molar-refractivity contribution < 1.29 is 13.4 Å². The summed E-state index contributed by atoms with van der Waals surface area (Å²) in [5.74, 6) is -0.263. The molecular formula is C28H27FNOSi+. The van der Waals surface area contributed by atoms with Gasteiger partial charge >= 0.3 is 0 Å². The predicted octanol–water partition coefficient (Wildman–Crippen LogP) is 6.74. The number of furan rings is 1. The van der Waals surface area contributed by atoms with Gasteiger partial charge in [0.15, 0.2) is 6.20 Å². The number of fused-ring (bicyclic) bond motifs is 3. The van der Waals surface area contributed by atoms with Crippen molar-refractivity contribution in [3.05, 3.63) is 84.3 Å². The normalized spacial score (nSPS) is 12.1. The number of nitrogens with zero attached hydrogens (tertiary/aromatic N) is 1. The quantitative estimate of drug-likeness (QED) is 0.224. The summed E-state index contributed by atoms with van der Waals surface area (Å²) in [6.45, 7) is 9.04. The molecule has 0 saturated heterocycles. The Labute approximate surface area is 189 Å². The molecule has 0 aliphatic rings. The van der Waals surface area contributed by atoms with Crippen LogP contribution in [0.3, 0.4) is 0 Å². The van der Waals surface area contributed by atoms with Gasteiger partial charge in [-0.05, 0) is 36.2 Å². The Kier molecular flexibility index (Phi) is 4.79. The molecule has 0 unspecified atom stereocenters. The third kappa shape index (κ3) is 3.26. The van der Waals surface area contributed by atoms with Crippen molar-refractivity contribution >= 4 is 35.2 Å². The number of rotatable bonds is 3. The van der Waals surface area contributed by atoms with E-state index < -0.39 is 8.07 Å². The van der Waals surface area contributed by atoms with Crippen LogP contribution in [0.2, 0.25) is 19.6 Å². The Morgan fingerprint density at radius 2 is 1.44 bits per heavy atom. The lowest BCUT2D eigenvalue weighted by Gasteiger charge is -2.17. The molecule has 3 aromatic carbocycles. The van der Waals surface area contributed by atoms with Gasteiger partial charge in [-0.2, -0.15) is 0 Å². The number of aryl methyl sites for hydroxylation is 2. The molecule has 0 radical (unpaired) electrons. The summed E-state index contributed by atoms with van der Waals surface area (Å²) >= 11 is 0. The highest BCUT2D eigenvalue weighted by molar-refractivity contribution is 6.88. The number of hydrogen-bond acceptors (Lipinski definition) is 1. The molecule has 4 heteroatoms. The zero-order valence-electron chi connectivity index (χ0n) is 19.2. The fraction of sp³-hybridized carbons (Fsp3) is 0.179. The maximum atomic E-state index is 15.2. The van der Waals surface area contributed by atoms with Crippen molar-refractivity contribution in [3.63, 3.8) is 0 Å². The molecule has 0 bridgehead atoms. The van der Waals surface area contributed by atoms with E-state index in [0.717, 1.165) is 38.7 Å². The first kappa shape index (κ1) is 20.6. The predicted molar refractivity (Wildman–Crippen MR) is 133 cm³/mol. The Hall–Kier alpha value is -3.24. The minimum absolute atomic E-state index is 0.263. The van der Waals surface area contributed by atoms with E-state index >= 15 is 4.39 Å². The second-order valence-electron chi connectivity index (χ2n) is 9.56. The summed E-state index contributed by atoms with van der Waals surface area (Å²) in [7, 11) is 0.602. The first-order chi connectivity index (χ1) is 15.3. The van der Waals surface area contributed by atoms with E-state index in [2.05, 4.69) is 61.5 Å². The molecule has 2 aromatic heterocycles.